The van der Waals surface area contributed by atoms with Crippen LogP contribution in [0.3, 0.4) is 0 Å². The molecule has 3 heterocycles. The summed E-state index contributed by atoms with van der Waals surface area (Å²) in [6.45, 7) is 0.520. The summed E-state index contributed by atoms with van der Waals surface area (Å²) in [5.41, 5.74) is 2.44. The number of ketones is 1. The van der Waals surface area contributed by atoms with Gasteiger partial charge in [0.15, 0.2) is 16.6 Å². The maximum absolute atomic E-state index is 13.1. The van der Waals surface area contributed by atoms with Gasteiger partial charge in [-0.05, 0) is 18.2 Å². The summed E-state index contributed by atoms with van der Waals surface area (Å²) in [5.74, 6) is 0.0337. The zero-order valence-corrected chi connectivity index (χ0v) is 18.2. The molecule has 5 rings (SSSR count). The van der Waals surface area contributed by atoms with E-state index in [1.165, 1.54) is 18.0 Å². The van der Waals surface area contributed by atoms with Crippen LogP contribution >= 0.6 is 11.8 Å². The van der Waals surface area contributed by atoms with E-state index < -0.39 is 0 Å². The second-order valence-electron chi connectivity index (χ2n) is 7.37. The molecule has 0 saturated heterocycles. The summed E-state index contributed by atoms with van der Waals surface area (Å²) in [7, 11) is 0. The van der Waals surface area contributed by atoms with Crippen molar-refractivity contribution < 1.29 is 4.79 Å². The number of hydrogen-bond acceptors (Lipinski definition) is 6. The SMILES string of the molecule is N#CCCn1cc(C(=O)CSc2nc3c(cnn3-c3ccccc3)c(=O)[nH]2)c2ccccc21. The minimum absolute atomic E-state index is 0.0776. The first-order valence-electron chi connectivity index (χ1n) is 10.3. The van der Waals surface area contributed by atoms with Gasteiger partial charge in [-0.3, -0.25) is 9.59 Å². The van der Waals surface area contributed by atoms with E-state index >= 15 is 0 Å². The number of carbonyl (C=O) groups excluding carboxylic acids is 1. The second-order valence-corrected chi connectivity index (χ2v) is 8.34. The summed E-state index contributed by atoms with van der Waals surface area (Å²) in [6, 6.07) is 19.2. The van der Waals surface area contributed by atoms with Gasteiger partial charge in [0.1, 0.15) is 5.39 Å². The third-order valence-corrected chi connectivity index (χ3v) is 6.18. The normalized spacial score (nSPS) is 11.1. The molecule has 0 aliphatic rings. The van der Waals surface area contributed by atoms with Crippen molar-refractivity contribution in [3.8, 4) is 11.8 Å². The number of Topliss-reactive ketones (excluding diaryl/α,β-unsaturated/α-hetero) is 1. The van der Waals surface area contributed by atoms with E-state index in [0.29, 0.717) is 34.7 Å². The minimum atomic E-state index is -0.301. The Balaban J connectivity index is 1.43. The van der Waals surface area contributed by atoms with Crippen molar-refractivity contribution in [3.05, 3.63) is 82.9 Å². The second kappa shape index (κ2) is 8.76. The molecule has 33 heavy (non-hydrogen) atoms. The summed E-state index contributed by atoms with van der Waals surface area (Å²) >= 11 is 1.18. The molecular weight excluding hydrogens is 436 g/mol. The van der Waals surface area contributed by atoms with Crippen molar-refractivity contribution in [1.82, 2.24) is 24.3 Å². The number of aromatic nitrogens is 5. The van der Waals surface area contributed by atoms with Gasteiger partial charge in [0.05, 0.1) is 30.1 Å². The average Bonchev–Trinajstić information content (AvgIpc) is 3.44. The zero-order chi connectivity index (χ0) is 22.8. The van der Waals surface area contributed by atoms with E-state index in [1.54, 1.807) is 10.9 Å². The molecule has 0 amide bonds. The molecule has 162 valence electrons. The number of fused-ring (bicyclic) bond motifs is 2. The number of hydrogen-bond donors (Lipinski definition) is 1. The Morgan fingerprint density at radius 3 is 2.70 bits per heavy atom. The number of aromatic amines is 1. The zero-order valence-electron chi connectivity index (χ0n) is 17.4. The van der Waals surface area contributed by atoms with Crippen LogP contribution in [-0.4, -0.2) is 35.9 Å². The van der Waals surface area contributed by atoms with Gasteiger partial charge in [0.25, 0.3) is 5.56 Å². The van der Waals surface area contributed by atoms with E-state index in [9.17, 15) is 9.59 Å². The molecule has 1 N–H and O–H groups in total. The average molecular weight is 455 g/mol. The van der Waals surface area contributed by atoms with Gasteiger partial charge in [-0.2, -0.15) is 10.4 Å². The molecule has 0 spiro atoms. The molecular formula is C24H18N6O2S. The van der Waals surface area contributed by atoms with Crippen molar-refractivity contribution in [1.29, 1.82) is 5.26 Å². The molecule has 0 bridgehead atoms. The van der Waals surface area contributed by atoms with Crippen LogP contribution in [0.4, 0.5) is 0 Å². The van der Waals surface area contributed by atoms with E-state index in [-0.39, 0.29) is 17.1 Å². The van der Waals surface area contributed by atoms with Gasteiger partial charge in [0.2, 0.25) is 0 Å². The minimum Gasteiger partial charge on any atom is -0.346 e. The molecule has 0 fully saturated rings. The predicted octanol–water partition coefficient (Wildman–Crippen LogP) is 3.95. The highest BCUT2D eigenvalue weighted by molar-refractivity contribution is 7.99. The lowest BCUT2D eigenvalue weighted by Crippen LogP contribution is -2.11. The van der Waals surface area contributed by atoms with Crippen LogP contribution in [0.5, 0.6) is 0 Å². The van der Waals surface area contributed by atoms with Crippen molar-refractivity contribution in [2.75, 3.05) is 5.75 Å². The Morgan fingerprint density at radius 2 is 1.88 bits per heavy atom. The number of para-hydroxylation sites is 2. The first-order valence-corrected chi connectivity index (χ1v) is 11.3. The van der Waals surface area contributed by atoms with Gasteiger partial charge < -0.3 is 9.55 Å². The van der Waals surface area contributed by atoms with E-state index in [1.807, 2.05) is 59.2 Å². The fourth-order valence-electron chi connectivity index (χ4n) is 3.76. The van der Waals surface area contributed by atoms with Gasteiger partial charge in [0, 0.05) is 29.2 Å². The molecule has 2 aromatic carbocycles. The van der Waals surface area contributed by atoms with Crippen LogP contribution in [-0.2, 0) is 6.54 Å². The maximum atomic E-state index is 13.1. The number of rotatable bonds is 7. The Labute approximate surface area is 192 Å². The van der Waals surface area contributed by atoms with Gasteiger partial charge in [-0.15, -0.1) is 0 Å². The molecule has 0 aliphatic heterocycles. The lowest BCUT2D eigenvalue weighted by molar-refractivity contribution is 0.102. The summed E-state index contributed by atoms with van der Waals surface area (Å²) in [5, 5.41) is 14.8. The number of benzene rings is 2. The summed E-state index contributed by atoms with van der Waals surface area (Å²) in [6.07, 6.45) is 3.65. The van der Waals surface area contributed by atoms with Gasteiger partial charge in [-0.25, -0.2) is 9.67 Å². The summed E-state index contributed by atoms with van der Waals surface area (Å²) < 4.78 is 3.54. The lowest BCUT2D eigenvalue weighted by Gasteiger charge is -2.04. The molecule has 0 atom stereocenters. The van der Waals surface area contributed by atoms with Crippen LogP contribution < -0.4 is 5.56 Å². The standard InChI is InChI=1S/C24H18N6O2S/c25-11-6-12-29-14-19(17-9-4-5-10-20(17)29)21(31)15-33-24-27-22-18(23(32)28-24)13-26-30(22)16-7-2-1-3-8-16/h1-5,7-10,13-14H,6,12,15H2,(H,27,28,32). The molecule has 0 saturated carbocycles. The highest BCUT2D eigenvalue weighted by Crippen LogP contribution is 2.25. The van der Waals surface area contributed by atoms with Crippen LogP contribution in [0.1, 0.15) is 16.8 Å². The molecule has 8 nitrogen and oxygen atoms in total. The van der Waals surface area contributed by atoms with Gasteiger partial charge in [-0.1, -0.05) is 48.2 Å². The number of nitriles is 1. The molecule has 9 heteroatoms. The largest absolute Gasteiger partial charge is 0.346 e. The number of nitrogens with one attached hydrogen (secondary N) is 1. The monoisotopic (exact) mass is 454 g/mol. The van der Waals surface area contributed by atoms with Crippen LogP contribution in [0.25, 0.3) is 27.6 Å². The Morgan fingerprint density at radius 1 is 1.09 bits per heavy atom. The predicted molar refractivity (Wildman–Crippen MR) is 127 cm³/mol. The fourth-order valence-corrected chi connectivity index (χ4v) is 4.50. The molecule has 3 aromatic heterocycles. The van der Waals surface area contributed by atoms with Crippen molar-refractivity contribution in [2.24, 2.45) is 0 Å². The van der Waals surface area contributed by atoms with E-state index in [2.05, 4.69) is 21.1 Å². The third-order valence-electron chi connectivity index (χ3n) is 5.31. The highest BCUT2D eigenvalue weighted by atomic mass is 32.2. The van der Waals surface area contributed by atoms with E-state index in [0.717, 1.165) is 16.6 Å². The number of nitrogens with zero attached hydrogens (tertiary/aromatic N) is 5. The number of H-pyrrole nitrogens is 1. The van der Waals surface area contributed by atoms with Crippen LogP contribution in [0, 0.1) is 11.3 Å². The highest BCUT2D eigenvalue weighted by Gasteiger charge is 2.17. The Bertz CT molecular complexity index is 1580. The van der Waals surface area contributed by atoms with Crippen molar-refractivity contribution in [2.45, 2.75) is 18.1 Å². The van der Waals surface area contributed by atoms with Crippen molar-refractivity contribution in [3.63, 3.8) is 0 Å². The van der Waals surface area contributed by atoms with Crippen molar-refractivity contribution >= 4 is 39.5 Å². The number of carbonyl (C=O) groups is 1. The molecule has 0 radical (unpaired) electrons. The van der Waals surface area contributed by atoms with Crippen LogP contribution in [0.15, 0.2) is 76.9 Å². The topological polar surface area (TPSA) is 109 Å². The summed E-state index contributed by atoms with van der Waals surface area (Å²) in [4.78, 5) is 32.9. The number of aryl methyl sites for hydroxylation is 1. The quantitative estimate of drug-likeness (QED) is 0.227. The lowest BCUT2D eigenvalue weighted by atomic mass is 10.1. The molecule has 0 aliphatic carbocycles. The first-order chi connectivity index (χ1) is 16.2. The smallest absolute Gasteiger partial charge is 0.262 e. The Hall–Kier alpha value is -4.16. The Kier molecular flexibility index (Phi) is 5.50. The van der Waals surface area contributed by atoms with Crippen LogP contribution in [0.2, 0.25) is 0 Å². The fraction of sp³-hybridized carbons (Fsp3) is 0.125. The maximum Gasteiger partial charge on any atom is 0.262 e. The first kappa shape index (κ1) is 20.7. The van der Waals surface area contributed by atoms with E-state index in [4.69, 9.17) is 5.26 Å². The molecule has 5 aromatic rings. The molecule has 0 unspecified atom stereocenters. The third kappa shape index (κ3) is 3.92. The van der Waals surface area contributed by atoms with Gasteiger partial charge >= 0.3 is 0 Å². The number of thioether (sulfide) groups is 1.